The van der Waals surface area contributed by atoms with Crippen LogP contribution in [0.5, 0.6) is 0 Å². The minimum atomic E-state index is -0.314. The van der Waals surface area contributed by atoms with Gasteiger partial charge in [-0.2, -0.15) is 0 Å². The average molecular weight is 380 g/mol. The maximum absolute atomic E-state index is 13.0. The molecule has 0 bridgehead atoms. The molecule has 138 valence electrons. The monoisotopic (exact) mass is 380 g/mol. The van der Waals surface area contributed by atoms with Crippen LogP contribution < -0.4 is 5.32 Å². The summed E-state index contributed by atoms with van der Waals surface area (Å²) in [6.45, 7) is 2.85. The molecular weight excluding hydrogens is 360 g/mol. The summed E-state index contributed by atoms with van der Waals surface area (Å²) in [4.78, 5) is 28.4. The molecule has 2 amide bonds. The van der Waals surface area contributed by atoms with E-state index in [1.54, 1.807) is 47.7 Å². The van der Waals surface area contributed by atoms with Crippen molar-refractivity contribution in [1.29, 1.82) is 0 Å². The van der Waals surface area contributed by atoms with Crippen LogP contribution in [0.4, 0.5) is 5.69 Å². The number of nitrogens with zero attached hydrogens (tertiary/aromatic N) is 1. The van der Waals surface area contributed by atoms with E-state index in [0.717, 1.165) is 19.4 Å². The van der Waals surface area contributed by atoms with Crippen molar-refractivity contribution in [3.8, 4) is 0 Å². The molecule has 0 aliphatic carbocycles. The first-order chi connectivity index (χ1) is 13.2. The fourth-order valence-electron chi connectivity index (χ4n) is 3.54. The van der Waals surface area contributed by atoms with E-state index in [0.29, 0.717) is 11.3 Å². The molecule has 1 aromatic carbocycles. The standard InChI is InChI=1S/C21H20N2O3S/c1-2-17-16-10-13-27-19(16)9-11-23(17)21(25)14-5-7-15(8-6-14)22-20(24)18-4-3-12-26-18/h3-8,10,12-13,17H,2,9,11H2,1H3,(H,22,24)/t17-/m1/s1. The van der Waals surface area contributed by atoms with Crippen LogP contribution >= 0.6 is 11.3 Å². The highest BCUT2D eigenvalue weighted by Crippen LogP contribution is 2.36. The number of rotatable bonds is 4. The van der Waals surface area contributed by atoms with E-state index < -0.39 is 0 Å². The van der Waals surface area contributed by atoms with Crippen molar-refractivity contribution >= 4 is 28.8 Å². The van der Waals surface area contributed by atoms with Crippen LogP contribution in [0.25, 0.3) is 0 Å². The van der Waals surface area contributed by atoms with E-state index >= 15 is 0 Å². The molecule has 1 aliphatic heterocycles. The van der Waals surface area contributed by atoms with Crippen molar-refractivity contribution in [2.24, 2.45) is 0 Å². The normalized spacial score (nSPS) is 16.0. The Kier molecular flexibility index (Phi) is 4.81. The molecule has 0 saturated carbocycles. The molecule has 0 saturated heterocycles. The van der Waals surface area contributed by atoms with Gasteiger partial charge in [-0.1, -0.05) is 6.92 Å². The summed E-state index contributed by atoms with van der Waals surface area (Å²) in [7, 11) is 0. The van der Waals surface area contributed by atoms with Crippen LogP contribution in [0.3, 0.4) is 0 Å². The maximum atomic E-state index is 13.0. The summed E-state index contributed by atoms with van der Waals surface area (Å²) >= 11 is 1.77. The number of thiophene rings is 1. The van der Waals surface area contributed by atoms with Gasteiger partial charge in [0.1, 0.15) is 0 Å². The first-order valence-corrected chi connectivity index (χ1v) is 9.87. The summed E-state index contributed by atoms with van der Waals surface area (Å²) in [5.41, 5.74) is 2.53. The van der Waals surface area contributed by atoms with E-state index in [4.69, 9.17) is 4.42 Å². The molecule has 1 atom stereocenters. The van der Waals surface area contributed by atoms with Crippen LogP contribution in [-0.4, -0.2) is 23.3 Å². The number of hydrogen-bond donors (Lipinski definition) is 1. The third-order valence-corrected chi connectivity index (χ3v) is 5.87. The Bertz CT molecular complexity index is 944. The van der Waals surface area contributed by atoms with Crippen molar-refractivity contribution in [3.05, 3.63) is 75.9 Å². The highest BCUT2D eigenvalue weighted by Gasteiger charge is 2.30. The molecule has 6 heteroatoms. The molecule has 3 heterocycles. The molecule has 0 radical (unpaired) electrons. The quantitative estimate of drug-likeness (QED) is 0.711. The van der Waals surface area contributed by atoms with Crippen LogP contribution in [0.15, 0.2) is 58.5 Å². The Hall–Kier alpha value is -2.86. The molecule has 4 rings (SSSR count). The van der Waals surface area contributed by atoms with Gasteiger partial charge in [0.25, 0.3) is 11.8 Å². The summed E-state index contributed by atoms with van der Waals surface area (Å²) in [5.74, 6) is -0.0328. The predicted octanol–water partition coefficient (Wildman–Crippen LogP) is 4.74. The number of benzene rings is 1. The highest BCUT2D eigenvalue weighted by molar-refractivity contribution is 7.10. The Balaban J connectivity index is 1.49. The third kappa shape index (κ3) is 3.40. The van der Waals surface area contributed by atoms with Crippen molar-refractivity contribution < 1.29 is 14.0 Å². The summed E-state index contributed by atoms with van der Waals surface area (Å²) in [5, 5.41) is 4.87. The van der Waals surface area contributed by atoms with Gasteiger partial charge < -0.3 is 14.6 Å². The van der Waals surface area contributed by atoms with Crippen LogP contribution in [0.1, 0.15) is 50.7 Å². The minimum Gasteiger partial charge on any atom is -0.459 e. The Morgan fingerprint density at radius 1 is 1.22 bits per heavy atom. The van der Waals surface area contributed by atoms with Crippen molar-refractivity contribution in [3.63, 3.8) is 0 Å². The number of carbonyl (C=O) groups is 2. The molecule has 5 nitrogen and oxygen atoms in total. The number of nitrogens with one attached hydrogen (secondary N) is 1. The first-order valence-electron chi connectivity index (χ1n) is 8.99. The molecule has 1 aliphatic rings. The summed E-state index contributed by atoms with van der Waals surface area (Å²) in [6, 6.07) is 12.5. The Morgan fingerprint density at radius 2 is 2.04 bits per heavy atom. The number of amides is 2. The molecular formula is C21H20N2O3S. The SMILES string of the molecule is CC[C@@H]1c2ccsc2CCN1C(=O)c1ccc(NC(=O)c2ccco2)cc1. The zero-order valence-electron chi connectivity index (χ0n) is 15.0. The first kappa shape index (κ1) is 17.5. The Labute approximate surface area is 161 Å². The molecule has 2 aromatic heterocycles. The van der Waals surface area contributed by atoms with Gasteiger partial charge in [-0.05, 0) is 66.2 Å². The fourth-order valence-corrected chi connectivity index (χ4v) is 4.47. The molecule has 1 N–H and O–H groups in total. The predicted molar refractivity (Wildman–Crippen MR) is 105 cm³/mol. The second-order valence-electron chi connectivity index (χ2n) is 6.48. The van der Waals surface area contributed by atoms with E-state index in [2.05, 4.69) is 23.7 Å². The molecule has 3 aromatic rings. The van der Waals surface area contributed by atoms with Gasteiger partial charge >= 0.3 is 0 Å². The lowest BCUT2D eigenvalue weighted by molar-refractivity contribution is 0.0657. The minimum absolute atomic E-state index is 0.0302. The zero-order chi connectivity index (χ0) is 18.8. The molecule has 27 heavy (non-hydrogen) atoms. The van der Waals surface area contributed by atoms with Gasteiger partial charge in [0.15, 0.2) is 5.76 Å². The second-order valence-corrected chi connectivity index (χ2v) is 7.48. The molecule has 0 spiro atoms. The topological polar surface area (TPSA) is 62.6 Å². The van der Waals surface area contributed by atoms with Crippen molar-refractivity contribution in [1.82, 2.24) is 4.90 Å². The lowest BCUT2D eigenvalue weighted by atomic mass is 9.97. The fraction of sp³-hybridized carbons (Fsp3) is 0.238. The number of hydrogen-bond acceptors (Lipinski definition) is 4. The zero-order valence-corrected chi connectivity index (χ0v) is 15.8. The second kappa shape index (κ2) is 7.40. The Morgan fingerprint density at radius 3 is 2.74 bits per heavy atom. The van der Waals surface area contributed by atoms with Gasteiger partial charge in [0.05, 0.1) is 12.3 Å². The third-order valence-electron chi connectivity index (χ3n) is 4.88. The number of anilines is 1. The van der Waals surface area contributed by atoms with Gasteiger partial charge in [-0.3, -0.25) is 9.59 Å². The van der Waals surface area contributed by atoms with Crippen molar-refractivity contribution in [2.45, 2.75) is 25.8 Å². The maximum Gasteiger partial charge on any atom is 0.291 e. The van der Waals surface area contributed by atoms with Crippen LogP contribution in [0.2, 0.25) is 0 Å². The van der Waals surface area contributed by atoms with Crippen LogP contribution in [-0.2, 0) is 6.42 Å². The van der Waals surface area contributed by atoms with Gasteiger partial charge in [0, 0.05) is 22.7 Å². The van der Waals surface area contributed by atoms with Crippen molar-refractivity contribution in [2.75, 3.05) is 11.9 Å². The van der Waals surface area contributed by atoms with Gasteiger partial charge in [-0.15, -0.1) is 11.3 Å². The number of carbonyl (C=O) groups excluding carboxylic acids is 2. The number of fused-ring (bicyclic) bond motifs is 1. The van der Waals surface area contributed by atoms with E-state index in [9.17, 15) is 9.59 Å². The lowest BCUT2D eigenvalue weighted by Crippen LogP contribution is -2.39. The summed E-state index contributed by atoms with van der Waals surface area (Å²) < 4.78 is 5.08. The average Bonchev–Trinajstić information content (AvgIpc) is 3.39. The van der Waals surface area contributed by atoms with Crippen LogP contribution in [0, 0.1) is 0 Å². The molecule has 0 fully saturated rings. The smallest absolute Gasteiger partial charge is 0.291 e. The van der Waals surface area contributed by atoms with E-state index in [-0.39, 0.29) is 23.6 Å². The largest absolute Gasteiger partial charge is 0.459 e. The summed E-state index contributed by atoms with van der Waals surface area (Å²) in [6.07, 6.45) is 3.26. The molecule has 0 unspecified atom stereocenters. The van der Waals surface area contributed by atoms with E-state index in [1.165, 1.54) is 16.7 Å². The highest BCUT2D eigenvalue weighted by atomic mass is 32.1. The lowest BCUT2D eigenvalue weighted by Gasteiger charge is -2.35. The van der Waals surface area contributed by atoms with E-state index in [1.807, 2.05) is 4.90 Å². The van der Waals surface area contributed by atoms with Gasteiger partial charge in [-0.25, -0.2) is 0 Å². The van der Waals surface area contributed by atoms with Gasteiger partial charge in [0.2, 0.25) is 0 Å². The number of furan rings is 1.